The Balaban J connectivity index is 1.29. The summed E-state index contributed by atoms with van der Waals surface area (Å²) in [6.45, 7) is 4.28. The molecule has 278 valence electrons. The predicted molar refractivity (Wildman–Crippen MR) is 206 cm³/mol. The Morgan fingerprint density at radius 1 is 0.852 bits per heavy atom. The van der Waals surface area contributed by atoms with Gasteiger partial charge in [0.2, 0.25) is 15.8 Å². The molecule has 1 aliphatic heterocycles. The first kappa shape index (κ1) is 37.5. The third-order valence-corrected chi connectivity index (χ3v) is 10.6. The number of non-ortho nitro benzene ring substituents is 1. The summed E-state index contributed by atoms with van der Waals surface area (Å²) in [6, 6.07) is 29.9. The van der Waals surface area contributed by atoms with Crippen LogP contribution in [0.1, 0.15) is 16.7 Å². The molecule has 54 heavy (non-hydrogen) atoms. The lowest BCUT2D eigenvalue weighted by Crippen LogP contribution is -2.23. The average Bonchev–Trinajstić information content (AvgIpc) is 3.60. The van der Waals surface area contributed by atoms with Crippen LogP contribution < -0.4 is 19.3 Å². The molecule has 5 aromatic rings. The van der Waals surface area contributed by atoms with Crippen molar-refractivity contribution >= 4 is 38.5 Å². The van der Waals surface area contributed by atoms with Gasteiger partial charge >= 0.3 is 0 Å². The van der Waals surface area contributed by atoms with Gasteiger partial charge in [-0.25, -0.2) is 17.8 Å². The molecule has 0 saturated carbocycles. The molecule has 1 aliphatic rings. The van der Waals surface area contributed by atoms with Crippen LogP contribution in [0.2, 0.25) is 0 Å². The van der Waals surface area contributed by atoms with Crippen LogP contribution in [0.25, 0.3) is 16.9 Å². The molecule has 0 fully saturated rings. The molecule has 0 atom stereocenters. The Labute approximate surface area is 313 Å². The number of rotatable bonds is 13. The molecule has 0 N–H and O–H groups in total. The minimum absolute atomic E-state index is 0.0578. The van der Waals surface area contributed by atoms with Gasteiger partial charge in [-0.15, -0.1) is 5.11 Å². The molecule has 0 spiro atoms. The SMILES string of the molecule is COc1cc(N=Nc2ccc([N+](=O)[O-])cc2-c2ccccc2)cc(OC)c1OCC1=C(c2ccc(C)cc2)ON(c2ccc(S(=O)(=O)N(C)C)cc2C)C1. The van der Waals surface area contributed by atoms with Gasteiger partial charge in [0.15, 0.2) is 17.3 Å². The molecule has 0 amide bonds. The lowest BCUT2D eigenvalue weighted by molar-refractivity contribution is -0.384. The number of hydrogen-bond donors (Lipinski definition) is 0. The van der Waals surface area contributed by atoms with Gasteiger partial charge in [0.25, 0.3) is 5.69 Å². The molecule has 0 aromatic heterocycles. The van der Waals surface area contributed by atoms with Gasteiger partial charge < -0.3 is 19.0 Å². The van der Waals surface area contributed by atoms with Crippen LogP contribution in [0.5, 0.6) is 17.2 Å². The molecule has 14 heteroatoms. The zero-order chi connectivity index (χ0) is 38.6. The van der Waals surface area contributed by atoms with Crippen molar-refractivity contribution in [1.82, 2.24) is 4.31 Å². The standard InChI is InChI=1S/C40H39N5O8S/c1-26-12-14-29(15-13-26)39-30(24-44(53-39)36-19-17-33(20-27(36)2)54(48,49)43(3)4)25-52-40-37(50-5)21-31(22-38(40)51-6)41-42-35-18-16-32(45(46)47)23-34(35)28-10-8-7-9-11-28/h7-23H,24-25H2,1-6H3. The zero-order valence-corrected chi connectivity index (χ0v) is 31.5. The fraction of sp³-hybridized carbons (Fsp3) is 0.200. The molecule has 0 bridgehead atoms. The highest BCUT2D eigenvalue weighted by Gasteiger charge is 2.29. The highest BCUT2D eigenvalue weighted by Crippen LogP contribution is 2.43. The first-order chi connectivity index (χ1) is 25.9. The number of benzene rings is 5. The summed E-state index contributed by atoms with van der Waals surface area (Å²) < 4.78 is 44.6. The van der Waals surface area contributed by atoms with E-state index < -0.39 is 14.9 Å². The predicted octanol–water partition coefficient (Wildman–Crippen LogP) is 8.80. The van der Waals surface area contributed by atoms with Crippen molar-refractivity contribution < 1.29 is 32.4 Å². The number of nitro groups is 1. The van der Waals surface area contributed by atoms with Gasteiger partial charge in [0, 0.05) is 55.1 Å². The van der Waals surface area contributed by atoms with Crippen LogP contribution in [0.3, 0.4) is 0 Å². The monoisotopic (exact) mass is 749 g/mol. The number of aryl methyl sites for hydroxylation is 2. The molecule has 5 aromatic carbocycles. The van der Waals surface area contributed by atoms with E-state index in [1.807, 2.05) is 68.4 Å². The molecule has 1 heterocycles. The molecule has 6 rings (SSSR count). The summed E-state index contributed by atoms with van der Waals surface area (Å²) >= 11 is 0. The summed E-state index contributed by atoms with van der Waals surface area (Å²) in [5.41, 5.74) is 6.30. The van der Waals surface area contributed by atoms with Crippen LogP contribution in [-0.4, -0.2) is 59.1 Å². The normalized spacial score (nSPS) is 13.1. The number of nitrogens with zero attached hydrogens (tertiary/aromatic N) is 5. The Kier molecular flexibility index (Phi) is 11.0. The molecular weight excluding hydrogens is 711 g/mol. The van der Waals surface area contributed by atoms with Crippen LogP contribution in [0.4, 0.5) is 22.7 Å². The van der Waals surface area contributed by atoms with Gasteiger partial charge in [0.05, 0.1) is 47.6 Å². The third kappa shape index (κ3) is 7.89. The summed E-state index contributed by atoms with van der Waals surface area (Å²) in [5.74, 6) is 1.64. The average molecular weight is 750 g/mol. The van der Waals surface area contributed by atoms with E-state index in [-0.39, 0.29) is 17.2 Å². The van der Waals surface area contributed by atoms with Crippen LogP contribution in [0, 0.1) is 24.0 Å². The topological polar surface area (TPSA) is 145 Å². The lowest BCUT2D eigenvalue weighted by Gasteiger charge is -2.21. The first-order valence-corrected chi connectivity index (χ1v) is 18.3. The molecular formula is C40H39N5O8S. The van der Waals surface area contributed by atoms with Gasteiger partial charge in [-0.1, -0.05) is 60.2 Å². The lowest BCUT2D eigenvalue weighted by atomic mass is 10.0. The number of ether oxygens (including phenoxy) is 3. The summed E-state index contributed by atoms with van der Waals surface area (Å²) in [4.78, 5) is 17.7. The maximum atomic E-state index is 12.8. The van der Waals surface area contributed by atoms with Crippen molar-refractivity contribution in [2.45, 2.75) is 18.7 Å². The molecule has 0 aliphatic carbocycles. The smallest absolute Gasteiger partial charge is 0.270 e. The fourth-order valence-corrected chi connectivity index (χ4v) is 6.84. The Bertz CT molecular complexity index is 2340. The van der Waals surface area contributed by atoms with Crippen molar-refractivity contribution in [3.05, 3.63) is 136 Å². The van der Waals surface area contributed by atoms with E-state index in [4.69, 9.17) is 19.0 Å². The number of azo groups is 1. The van der Waals surface area contributed by atoms with Gasteiger partial charge in [-0.3, -0.25) is 10.1 Å². The van der Waals surface area contributed by atoms with Crippen LogP contribution in [-0.2, 0) is 14.9 Å². The van der Waals surface area contributed by atoms with Crippen molar-refractivity contribution in [2.24, 2.45) is 10.2 Å². The Morgan fingerprint density at radius 2 is 1.54 bits per heavy atom. The Hall–Kier alpha value is -6.25. The molecule has 0 radical (unpaired) electrons. The van der Waals surface area contributed by atoms with Crippen molar-refractivity contribution in [1.29, 1.82) is 0 Å². The van der Waals surface area contributed by atoms with E-state index in [1.165, 1.54) is 44.8 Å². The highest BCUT2D eigenvalue weighted by atomic mass is 32.2. The second-order valence-corrected chi connectivity index (χ2v) is 14.8. The minimum Gasteiger partial charge on any atom is -0.493 e. The second kappa shape index (κ2) is 15.8. The quantitative estimate of drug-likeness (QED) is 0.0655. The molecule has 13 nitrogen and oxygen atoms in total. The summed E-state index contributed by atoms with van der Waals surface area (Å²) in [5, 5.41) is 22.1. The largest absolute Gasteiger partial charge is 0.493 e. The zero-order valence-electron chi connectivity index (χ0n) is 30.6. The number of methoxy groups -OCH3 is 2. The number of anilines is 1. The van der Waals surface area contributed by atoms with E-state index in [9.17, 15) is 18.5 Å². The first-order valence-electron chi connectivity index (χ1n) is 16.8. The summed E-state index contributed by atoms with van der Waals surface area (Å²) in [6.07, 6.45) is 0. The molecule has 0 saturated heterocycles. The van der Waals surface area contributed by atoms with E-state index >= 15 is 0 Å². The van der Waals surface area contributed by atoms with Gasteiger partial charge in [0.1, 0.15) is 6.61 Å². The maximum Gasteiger partial charge on any atom is 0.270 e. The van der Waals surface area contributed by atoms with Gasteiger partial charge in [-0.05, 0) is 49.2 Å². The van der Waals surface area contributed by atoms with Crippen molar-refractivity contribution in [2.75, 3.05) is 46.5 Å². The number of sulfonamides is 1. The van der Waals surface area contributed by atoms with Crippen molar-refractivity contribution in [3.63, 3.8) is 0 Å². The highest BCUT2D eigenvalue weighted by molar-refractivity contribution is 7.89. The third-order valence-electron chi connectivity index (χ3n) is 8.77. The Morgan fingerprint density at radius 3 is 2.15 bits per heavy atom. The fourth-order valence-electron chi connectivity index (χ4n) is 5.85. The maximum absolute atomic E-state index is 12.8. The second-order valence-electron chi connectivity index (χ2n) is 12.7. The number of nitro benzene ring substituents is 1. The van der Waals surface area contributed by atoms with E-state index in [0.717, 1.165) is 27.8 Å². The van der Waals surface area contributed by atoms with Crippen LogP contribution >= 0.6 is 0 Å². The summed E-state index contributed by atoms with van der Waals surface area (Å²) in [7, 11) is 2.39. The number of hydrogen-bond acceptors (Lipinski definition) is 11. The van der Waals surface area contributed by atoms with E-state index in [2.05, 4.69) is 10.2 Å². The van der Waals surface area contributed by atoms with E-state index in [0.29, 0.717) is 52.2 Å². The van der Waals surface area contributed by atoms with Gasteiger partial charge in [-0.2, -0.15) is 5.11 Å². The van der Waals surface area contributed by atoms with Crippen molar-refractivity contribution in [3.8, 4) is 28.4 Å². The minimum atomic E-state index is -3.62. The van der Waals surface area contributed by atoms with E-state index in [1.54, 1.807) is 41.5 Å². The molecule has 0 unspecified atom stereocenters. The number of hydroxylamine groups is 1. The van der Waals surface area contributed by atoms with Crippen LogP contribution in [0.15, 0.2) is 124 Å².